The molecule has 0 saturated heterocycles. The summed E-state index contributed by atoms with van der Waals surface area (Å²) in [5, 5.41) is 9.08. The van der Waals surface area contributed by atoms with Crippen molar-refractivity contribution in [2.75, 3.05) is 5.75 Å². The van der Waals surface area contributed by atoms with Crippen LogP contribution in [0.2, 0.25) is 0 Å². The number of hydrogen-bond acceptors (Lipinski definition) is 2. The fraction of sp³-hybridized carbons (Fsp3) is 0.462. The first kappa shape index (κ1) is 13.9. The van der Waals surface area contributed by atoms with E-state index in [1.165, 1.54) is 0 Å². The Morgan fingerprint density at radius 3 is 2.41 bits per heavy atom. The minimum Gasteiger partial charge on any atom is -0.478 e. The van der Waals surface area contributed by atoms with Crippen molar-refractivity contribution in [3.05, 3.63) is 28.8 Å². The lowest BCUT2D eigenvalue weighted by Crippen LogP contribution is -2.09. The van der Waals surface area contributed by atoms with Gasteiger partial charge in [0.25, 0.3) is 0 Å². The number of benzene rings is 1. The van der Waals surface area contributed by atoms with E-state index in [0.717, 1.165) is 5.56 Å². The van der Waals surface area contributed by atoms with Crippen molar-refractivity contribution in [3.8, 4) is 0 Å². The Morgan fingerprint density at radius 1 is 1.41 bits per heavy atom. The minimum atomic E-state index is -1.12. The second-order valence-electron chi connectivity index (χ2n) is 4.25. The van der Waals surface area contributed by atoms with Gasteiger partial charge in [0, 0.05) is 10.6 Å². The number of carboxylic acid groups (broad SMARTS) is 1. The number of carboxylic acids is 1. The SMILES string of the molecule is CC[S@@](=O)c1c(C(C)C)ccc(C(=O)O)c1C. The zero-order valence-electron chi connectivity index (χ0n) is 10.6. The first-order valence-corrected chi connectivity index (χ1v) is 6.97. The highest BCUT2D eigenvalue weighted by molar-refractivity contribution is 7.85. The van der Waals surface area contributed by atoms with E-state index < -0.39 is 16.8 Å². The molecule has 3 nitrogen and oxygen atoms in total. The number of hydrogen-bond donors (Lipinski definition) is 1. The standard InChI is InChI=1S/C13H18O3S/c1-5-17(16)12-9(4)11(13(14)15)7-6-10(12)8(2)3/h6-8H,5H2,1-4H3,(H,14,15)/t17-/m1/s1. The quantitative estimate of drug-likeness (QED) is 0.898. The molecule has 0 aliphatic rings. The molecular formula is C13H18O3S. The van der Waals surface area contributed by atoms with Crippen LogP contribution in [0.4, 0.5) is 0 Å². The van der Waals surface area contributed by atoms with E-state index in [1.54, 1.807) is 19.1 Å². The van der Waals surface area contributed by atoms with E-state index in [-0.39, 0.29) is 11.5 Å². The summed E-state index contributed by atoms with van der Waals surface area (Å²) >= 11 is 0. The largest absolute Gasteiger partial charge is 0.478 e. The molecule has 0 aliphatic heterocycles. The van der Waals surface area contributed by atoms with Crippen LogP contribution in [0.15, 0.2) is 17.0 Å². The molecule has 0 saturated carbocycles. The number of carbonyl (C=O) groups is 1. The van der Waals surface area contributed by atoms with Crippen molar-refractivity contribution in [3.63, 3.8) is 0 Å². The molecule has 0 heterocycles. The number of aromatic carboxylic acids is 1. The van der Waals surface area contributed by atoms with Gasteiger partial charge in [0.2, 0.25) is 0 Å². The second kappa shape index (κ2) is 5.45. The maximum Gasteiger partial charge on any atom is 0.335 e. The topological polar surface area (TPSA) is 54.4 Å². The highest BCUT2D eigenvalue weighted by atomic mass is 32.2. The summed E-state index contributed by atoms with van der Waals surface area (Å²) in [7, 11) is -1.12. The third-order valence-corrected chi connectivity index (χ3v) is 4.30. The van der Waals surface area contributed by atoms with Crippen LogP contribution in [0.3, 0.4) is 0 Å². The molecule has 1 N–H and O–H groups in total. The van der Waals surface area contributed by atoms with Crippen LogP contribution in [-0.4, -0.2) is 21.0 Å². The molecule has 0 aliphatic carbocycles. The van der Waals surface area contributed by atoms with Crippen molar-refractivity contribution in [2.24, 2.45) is 0 Å². The van der Waals surface area contributed by atoms with Gasteiger partial charge in [0.15, 0.2) is 0 Å². The highest BCUT2D eigenvalue weighted by Gasteiger charge is 2.19. The molecule has 0 fully saturated rings. The summed E-state index contributed by atoms with van der Waals surface area (Å²) in [4.78, 5) is 11.8. The van der Waals surface area contributed by atoms with Gasteiger partial charge in [-0.1, -0.05) is 26.8 Å². The van der Waals surface area contributed by atoms with Crippen LogP contribution in [0.5, 0.6) is 0 Å². The molecular weight excluding hydrogens is 236 g/mol. The first-order valence-electron chi connectivity index (χ1n) is 5.65. The van der Waals surface area contributed by atoms with Gasteiger partial charge in [0.05, 0.1) is 16.4 Å². The van der Waals surface area contributed by atoms with Gasteiger partial charge in [-0.05, 0) is 30.0 Å². The Bertz CT molecular complexity index is 464. The normalized spacial score (nSPS) is 12.8. The summed E-state index contributed by atoms with van der Waals surface area (Å²) in [6, 6.07) is 3.38. The molecule has 4 heteroatoms. The van der Waals surface area contributed by atoms with Crippen LogP contribution in [-0.2, 0) is 10.8 Å². The van der Waals surface area contributed by atoms with Crippen molar-refractivity contribution >= 4 is 16.8 Å². The molecule has 17 heavy (non-hydrogen) atoms. The highest BCUT2D eigenvalue weighted by Crippen LogP contribution is 2.28. The molecule has 1 atom stereocenters. The summed E-state index contributed by atoms with van der Waals surface area (Å²) in [6.45, 7) is 7.61. The fourth-order valence-electron chi connectivity index (χ4n) is 1.85. The van der Waals surface area contributed by atoms with E-state index in [4.69, 9.17) is 5.11 Å². The van der Waals surface area contributed by atoms with Crippen molar-refractivity contribution < 1.29 is 14.1 Å². The first-order chi connectivity index (χ1) is 7.90. The van der Waals surface area contributed by atoms with E-state index >= 15 is 0 Å². The van der Waals surface area contributed by atoms with E-state index in [0.29, 0.717) is 16.2 Å². The second-order valence-corrected chi connectivity index (χ2v) is 5.93. The van der Waals surface area contributed by atoms with E-state index in [1.807, 2.05) is 20.8 Å². The number of rotatable bonds is 4. The van der Waals surface area contributed by atoms with Gasteiger partial charge in [-0.15, -0.1) is 0 Å². The molecule has 0 radical (unpaired) electrons. The van der Waals surface area contributed by atoms with Gasteiger partial charge in [0.1, 0.15) is 0 Å². The van der Waals surface area contributed by atoms with Gasteiger partial charge < -0.3 is 5.11 Å². The Hall–Kier alpha value is -1.16. The zero-order valence-corrected chi connectivity index (χ0v) is 11.4. The molecule has 0 spiro atoms. The Kier molecular flexibility index (Phi) is 4.46. The van der Waals surface area contributed by atoms with Gasteiger partial charge in [-0.2, -0.15) is 0 Å². The maximum absolute atomic E-state index is 12.1. The fourth-order valence-corrected chi connectivity index (χ4v) is 3.15. The predicted octanol–water partition coefficient (Wildman–Crippen LogP) is 2.94. The summed E-state index contributed by atoms with van der Waals surface area (Å²) in [5.74, 6) is -0.224. The molecule has 0 bridgehead atoms. The summed E-state index contributed by atoms with van der Waals surface area (Å²) < 4.78 is 12.1. The summed E-state index contributed by atoms with van der Waals surface area (Å²) in [5.41, 5.74) is 1.85. The zero-order chi connectivity index (χ0) is 13.2. The van der Waals surface area contributed by atoms with E-state index in [9.17, 15) is 9.00 Å². The van der Waals surface area contributed by atoms with Gasteiger partial charge in [-0.25, -0.2) is 4.79 Å². The van der Waals surface area contributed by atoms with Crippen molar-refractivity contribution in [2.45, 2.75) is 38.5 Å². The third-order valence-electron chi connectivity index (χ3n) is 2.78. The molecule has 94 valence electrons. The molecule has 0 unspecified atom stereocenters. The molecule has 1 aromatic carbocycles. The lowest BCUT2D eigenvalue weighted by molar-refractivity contribution is 0.0695. The smallest absolute Gasteiger partial charge is 0.335 e. The van der Waals surface area contributed by atoms with Gasteiger partial charge >= 0.3 is 5.97 Å². The van der Waals surface area contributed by atoms with Gasteiger partial charge in [-0.3, -0.25) is 4.21 Å². The molecule has 1 rings (SSSR count). The molecule has 0 amide bonds. The molecule has 0 aromatic heterocycles. The third kappa shape index (κ3) is 2.75. The minimum absolute atomic E-state index is 0.238. The van der Waals surface area contributed by atoms with Crippen LogP contribution in [0.1, 0.15) is 48.2 Å². The average molecular weight is 254 g/mol. The predicted molar refractivity (Wildman–Crippen MR) is 69.2 cm³/mol. The summed E-state index contributed by atoms with van der Waals surface area (Å²) in [6.07, 6.45) is 0. The van der Waals surface area contributed by atoms with E-state index in [2.05, 4.69) is 0 Å². The Labute approximate surface area is 104 Å². The Balaban J connectivity index is 3.53. The lowest BCUT2D eigenvalue weighted by atomic mass is 9.98. The average Bonchev–Trinajstić information content (AvgIpc) is 2.26. The Morgan fingerprint density at radius 2 is 2.00 bits per heavy atom. The van der Waals surface area contributed by atoms with Crippen LogP contribution >= 0.6 is 0 Å². The monoisotopic (exact) mass is 254 g/mol. The van der Waals surface area contributed by atoms with Crippen molar-refractivity contribution in [1.29, 1.82) is 0 Å². The lowest BCUT2D eigenvalue weighted by Gasteiger charge is -2.16. The van der Waals surface area contributed by atoms with Crippen LogP contribution in [0, 0.1) is 6.92 Å². The molecule has 1 aromatic rings. The van der Waals surface area contributed by atoms with Crippen LogP contribution in [0.25, 0.3) is 0 Å². The van der Waals surface area contributed by atoms with Crippen molar-refractivity contribution in [1.82, 2.24) is 0 Å². The van der Waals surface area contributed by atoms with Crippen LogP contribution < -0.4 is 0 Å². The maximum atomic E-state index is 12.1.